The van der Waals surface area contributed by atoms with Crippen molar-refractivity contribution in [2.24, 2.45) is 0 Å². The number of nitrogens with zero attached hydrogens (tertiary/aromatic N) is 1. The SMILES string of the molecule is CCOc1cc(/C=C2/NC(=O)N(Cc3ccc(C)cc3)C2=O)cc(I)c1OCc1ccc(Cl)c(Cl)c1. The summed E-state index contributed by atoms with van der Waals surface area (Å²) in [7, 11) is 0. The number of carbonyl (C=O) groups is 2. The van der Waals surface area contributed by atoms with E-state index in [2.05, 4.69) is 27.9 Å². The van der Waals surface area contributed by atoms with Crippen LogP contribution in [0.25, 0.3) is 6.08 Å². The first-order chi connectivity index (χ1) is 17.2. The highest BCUT2D eigenvalue weighted by Crippen LogP contribution is 2.36. The van der Waals surface area contributed by atoms with E-state index >= 15 is 0 Å². The van der Waals surface area contributed by atoms with Crippen LogP contribution in [0, 0.1) is 10.5 Å². The maximum atomic E-state index is 13.0. The number of carbonyl (C=O) groups excluding carboxylic acids is 2. The third-order valence-electron chi connectivity index (χ3n) is 5.43. The molecule has 1 aliphatic rings. The molecule has 0 radical (unpaired) electrons. The molecule has 3 amide bonds. The van der Waals surface area contributed by atoms with Crippen LogP contribution in [-0.4, -0.2) is 23.4 Å². The van der Waals surface area contributed by atoms with Crippen molar-refractivity contribution < 1.29 is 19.1 Å². The van der Waals surface area contributed by atoms with Crippen LogP contribution in [0.15, 0.2) is 60.3 Å². The van der Waals surface area contributed by atoms with Crippen molar-refractivity contribution in [2.45, 2.75) is 27.0 Å². The average molecular weight is 637 g/mol. The average Bonchev–Trinajstić information content (AvgIpc) is 3.09. The van der Waals surface area contributed by atoms with Gasteiger partial charge in [-0.25, -0.2) is 4.79 Å². The molecule has 0 atom stereocenters. The number of ether oxygens (including phenoxy) is 2. The molecule has 1 saturated heterocycles. The monoisotopic (exact) mass is 636 g/mol. The summed E-state index contributed by atoms with van der Waals surface area (Å²) in [5.41, 5.74) is 3.75. The smallest absolute Gasteiger partial charge is 0.329 e. The molecule has 0 unspecified atom stereocenters. The third kappa shape index (κ3) is 6.14. The second-order valence-electron chi connectivity index (χ2n) is 8.17. The maximum Gasteiger partial charge on any atom is 0.329 e. The highest BCUT2D eigenvalue weighted by molar-refractivity contribution is 14.1. The summed E-state index contributed by atoms with van der Waals surface area (Å²) >= 11 is 14.3. The number of hydrogen-bond donors (Lipinski definition) is 1. The lowest BCUT2D eigenvalue weighted by Crippen LogP contribution is -2.30. The second kappa shape index (κ2) is 11.5. The standard InChI is InChI=1S/C27H23Cl2IN2O4/c1-3-35-24-13-19(11-22(30)25(24)36-15-18-8-9-20(28)21(29)10-18)12-23-26(33)32(27(34)31-23)14-17-6-4-16(2)5-7-17/h4-13H,3,14-15H2,1-2H3,(H,31,34)/b23-12+. The van der Waals surface area contributed by atoms with Crippen LogP contribution >= 0.6 is 45.8 Å². The van der Waals surface area contributed by atoms with Gasteiger partial charge in [0.1, 0.15) is 12.3 Å². The van der Waals surface area contributed by atoms with Crippen molar-refractivity contribution in [3.63, 3.8) is 0 Å². The molecular formula is C27H23Cl2IN2O4. The molecule has 0 aromatic heterocycles. The molecule has 0 saturated carbocycles. The van der Waals surface area contributed by atoms with Crippen LogP contribution in [0.4, 0.5) is 4.79 Å². The van der Waals surface area contributed by atoms with E-state index in [1.807, 2.05) is 50.2 Å². The Morgan fingerprint density at radius 1 is 0.972 bits per heavy atom. The summed E-state index contributed by atoms with van der Waals surface area (Å²) in [6.07, 6.45) is 1.64. The molecular weight excluding hydrogens is 614 g/mol. The molecule has 186 valence electrons. The summed E-state index contributed by atoms with van der Waals surface area (Å²) in [6, 6.07) is 16.2. The van der Waals surface area contributed by atoms with Gasteiger partial charge in [-0.1, -0.05) is 59.1 Å². The minimum atomic E-state index is -0.451. The highest BCUT2D eigenvalue weighted by Gasteiger charge is 2.33. The number of urea groups is 1. The molecule has 3 aromatic carbocycles. The topological polar surface area (TPSA) is 67.9 Å². The predicted octanol–water partition coefficient (Wildman–Crippen LogP) is 6.98. The lowest BCUT2D eigenvalue weighted by atomic mass is 10.1. The largest absolute Gasteiger partial charge is 0.490 e. The summed E-state index contributed by atoms with van der Waals surface area (Å²) in [4.78, 5) is 26.7. The first-order valence-electron chi connectivity index (χ1n) is 11.2. The summed E-state index contributed by atoms with van der Waals surface area (Å²) in [5.74, 6) is 0.728. The number of aryl methyl sites for hydroxylation is 1. The molecule has 1 N–H and O–H groups in total. The summed E-state index contributed by atoms with van der Waals surface area (Å²) in [6.45, 7) is 4.77. The fraction of sp³-hybridized carbons (Fsp3) is 0.185. The zero-order valence-electron chi connectivity index (χ0n) is 19.6. The van der Waals surface area contributed by atoms with Crippen LogP contribution in [0.3, 0.4) is 0 Å². The van der Waals surface area contributed by atoms with Gasteiger partial charge >= 0.3 is 6.03 Å². The number of imide groups is 1. The molecule has 9 heteroatoms. The van der Waals surface area contributed by atoms with Gasteiger partial charge in [0.15, 0.2) is 11.5 Å². The Morgan fingerprint density at radius 3 is 2.39 bits per heavy atom. The Labute approximate surface area is 233 Å². The van der Waals surface area contributed by atoms with Gasteiger partial charge < -0.3 is 14.8 Å². The Morgan fingerprint density at radius 2 is 1.69 bits per heavy atom. The van der Waals surface area contributed by atoms with Crippen molar-refractivity contribution >= 4 is 63.8 Å². The second-order valence-corrected chi connectivity index (χ2v) is 10.1. The maximum absolute atomic E-state index is 13.0. The highest BCUT2D eigenvalue weighted by atomic mass is 127. The number of nitrogens with one attached hydrogen (secondary N) is 1. The van der Waals surface area contributed by atoms with Crippen LogP contribution in [0.1, 0.15) is 29.2 Å². The Hall–Kier alpha value is -2.75. The molecule has 1 fully saturated rings. The summed E-state index contributed by atoms with van der Waals surface area (Å²) in [5, 5.41) is 3.61. The molecule has 36 heavy (non-hydrogen) atoms. The van der Waals surface area contributed by atoms with Gasteiger partial charge in [-0.3, -0.25) is 9.69 Å². The van der Waals surface area contributed by atoms with Crippen molar-refractivity contribution in [2.75, 3.05) is 6.61 Å². The fourth-order valence-electron chi connectivity index (χ4n) is 3.62. The Kier molecular flexibility index (Phi) is 8.43. The number of rotatable bonds is 8. The Balaban J connectivity index is 1.54. The molecule has 4 rings (SSSR count). The lowest BCUT2D eigenvalue weighted by molar-refractivity contribution is -0.123. The van der Waals surface area contributed by atoms with E-state index in [-0.39, 0.29) is 24.8 Å². The van der Waals surface area contributed by atoms with E-state index in [4.69, 9.17) is 32.7 Å². The van der Waals surface area contributed by atoms with E-state index in [0.29, 0.717) is 33.7 Å². The number of halogens is 3. The van der Waals surface area contributed by atoms with Gasteiger partial charge in [0.25, 0.3) is 5.91 Å². The van der Waals surface area contributed by atoms with Gasteiger partial charge in [0.2, 0.25) is 0 Å². The van der Waals surface area contributed by atoms with Gasteiger partial charge in [-0.15, -0.1) is 0 Å². The molecule has 1 heterocycles. The van der Waals surface area contributed by atoms with Gasteiger partial charge in [0.05, 0.1) is 26.8 Å². The van der Waals surface area contributed by atoms with Crippen LogP contribution < -0.4 is 14.8 Å². The van der Waals surface area contributed by atoms with Crippen molar-refractivity contribution in [3.05, 3.63) is 96.2 Å². The van der Waals surface area contributed by atoms with Gasteiger partial charge in [-0.2, -0.15) is 0 Å². The van der Waals surface area contributed by atoms with E-state index in [1.54, 1.807) is 24.3 Å². The summed E-state index contributed by atoms with van der Waals surface area (Å²) < 4.78 is 12.7. The van der Waals surface area contributed by atoms with Crippen molar-refractivity contribution in [1.82, 2.24) is 10.2 Å². The lowest BCUT2D eigenvalue weighted by Gasteiger charge is -2.15. The first-order valence-corrected chi connectivity index (χ1v) is 13.0. The normalized spacial score (nSPS) is 14.4. The van der Waals surface area contributed by atoms with E-state index < -0.39 is 6.03 Å². The zero-order chi connectivity index (χ0) is 25.8. The molecule has 0 aliphatic carbocycles. The predicted molar refractivity (Wildman–Crippen MR) is 149 cm³/mol. The number of hydrogen-bond acceptors (Lipinski definition) is 4. The number of benzene rings is 3. The van der Waals surface area contributed by atoms with Crippen LogP contribution in [0.5, 0.6) is 11.5 Å². The van der Waals surface area contributed by atoms with Crippen LogP contribution in [0.2, 0.25) is 10.0 Å². The van der Waals surface area contributed by atoms with E-state index in [9.17, 15) is 9.59 Å². The molecule has 1 aliphatic heterocycles. The van der Waals surface area contributed by atoms with E-state index in [1.165, 1.54) is 4.90 Å². The molecule has 0 spiro atoms. The van der Waals surface area contributed by atoms with Crippen molar-refractivity contribution in [3.8, 4) is 11.5 Å². The molecule has 3 aromatic rings. The van der Waals surface area contributed by atoms with Crippen molar-refractivity contribution in [1.29, 1.82) is 0 Å². The zero-order valence-corrected chi connectivity index (χ0v) is 23.3. The fourth-order valence-corrected chi connectivity index (χ4v) is 4.72. The number of amides is 3. The third-order valence-corrected chi connectivity index (χ3v) is 6.97. The van der Waals surface area contributed by atoms with E-state index in [0.717, 1.165) is 20.3 Å². The van der Waals surface area contributed by atoms with Crippen LogP contribution in [-0.2, 0) is 17.9 Å². The Bertz CT molecular complexity index is 1340. The quantitative estimate of drug-likeness (QED) is 0.165. The first kappa shape index (κ1) is 26.3. The molecule has 6 nitrogen and oxygen atoms in total. The van der Waals surface area contributed by atoms with Gasteiger partial charge in [0, 0.05) is 0 Å². The molecule has 0 bridgehead atoms. The minimum absolute atomic E-state index is 0.200. The van der Waals surface area contributed by atoms with Gasteiger partial charge in [-0.05, 0) is 83.5 Å². The minimum Gasteiger partial charge on any atom is -0.490 e.